The standard InChI is InChI=1S/C41H74N10O12/c1-11-23(8)33(40(61)45-25(10)35(56)48-29(18-31(53)54)39(60)50-32(22(6)7)41(62)63)51-38(59)28(17-21(4)5)49-36(57)26(14-12-13-15-42)47-34(55)24(9)44-37(58)27(16-20(2)3)46-30(52)19-43/h20-29,32-33H,11-19,42-43H2,1-10H3,(H,44,58)(H,45,61)(H,46,52)(H,47,55)(H,48,56)(H,49,57)(H,50,60)(H,51,59)(H,53,54)(H,62,63)/t23-,24-,25-,26-,27-,28-,29-,32-,33-/m0/s1. The van der Waals surface area contributed by atoms with E-state index in [0.717, 1.165) is 0 Å². The van der Waals surface area contributed by atoms with Crippen LogP contribution in [0.4, 0.5) is 0 Å². The van der Waals surface area contributed by atoms with Crippen molar-refractivity contribution >= 4 is 59.2 Å². The monoisotopic (exact) mass is 899 g/mol. The van der Waals surface area contributed by atoms with Crippen LogP contribution in [0.5, 0.6) is 0 Å². The van der Waals surface area contributed by atoms with Gasteiger partial charge in [0.1, 0.15) is 48.3 Å². The summed E-state index contributed by atoms with van der Waals surface area (Å²) < 4.78 is 0. The van der Waals surface area contributed by atoms with E-state index in [-0.39, 0.29) is 37.6 Å². The van der Waals surface area contributed by atoms with Gasteiger partial charge in [0.15, 0.2) is 0 Å². The van der Waals surface area contributed by atoms with Crippen LogP contribution in [0.25, 0.3) is 0 Å². The Morgan fingerprint density at radius 1 is 0.492 bits per heavy atom. The number of nitrogens with two attached hydrogens (primary N) is 2. The lowest BCUT2D eigenvalue weighted by molar-refractivity contribution is -0.144. The average Bonchev–Trinajstić information content (AvgIpc) is 3.18. The van der Waals surface area contributed by atoms with Crippen LogP contribution in [0.2, 0.25) is 0 Å². The number of hydrogen-bond donors (Lipinski definition) is 12. The molecule has 0 saturated carbocycles. The number of carbonyl (C=O) groups is 10. The first-order valence-corrected chi connectivity index (χ1v) is 21.6. The van der Waals surface area contributed by atoms with E-state index in [1.165, 1.54) is 27.7 Å². The molecule has 0 spiro atoms. The Balaban J connectivity index is 6.21. The van der Waals surface area contributed by atoms with Gasteiger partial charge < -0.3 is 64.2 Å². The number of nitrogens with one attached hydrogen (secondary N) is 8. The van der Waals surface area contributed by atoms with Crippen molar-refractivity contribution in [3.8, 4) is 0 Å². The summed E-state index contributed by atoms with van der Waals surface area (Å²) in [6.07, 6.45) is 0.928. The molecule has 0 saturated heterocycles. The van der Waals surface area contributed by atoms with Crippen molar-refractivity contribution in [3.05, 3.63) is 0 Å². The van der Waals surface area contributed by atoms with E-state index in [4.69, 9.17) is 11.5 Å². The van der Waals surface area contributed by atoms with Crippen LogP contribution in [0.15, 0.2) is 0 Å². The molecule has 22 heteroatoms. The second-order valence-corrected chi connectivity index (χ2v) is 17.1. The van der Waals surface area contributed by atoms with Crippen LogP contribution < -0.4 is 54.0 Å². The Hall–Kier alpha value is -5.38. The quantitative estimate of drug-likeness (QED) is 0.0360. The summed E-state index contributed by atoms with van der Waals surface area (Å²) in [6.45, 7) is 16.5. The zero-order valence-corrected chi connectivity index (χ0v) is 38.4. The van der Waals surface area contributed by atoms with E-state index in [9.17, 15) is 58.2 Å². The van der Waals surface area contributed by atoms with Crippen molar-refractivity contribution in [2.45, 2.75) is 163 Å². The summed E-state index contributed by atoms with van der Waals surface area (Å²) in [4.78, 5) is 129. The van der Waals surface area contributed by atoms with E-state index >= 15 is 0 Å². The fraction of sp³-hybridized carbons (Fsp3) is 0.756. The molecule has 0 aromatic heterocycles. The van der Waals surface area contributed by atoms with Gasteiger partial charge in [-0.2, -0.15) is 0 Å². The highest BCUT2D eigenvalue weighted by molar-refractivity contribution is 5.98. The number of amides is 8. The van der Waals surface area contributed by atoms with Crippen LogP contribution >= 0.6 is 0 Å². The Bertz CT molecular complexity index is 1580. The maximum atomic E-state index is 13.9. The molecular formula is C41H74N10O12. The molecule has 0 rings (SSSR count). The van der Waals surface area contributed by atoms with E-state index in [2.05, 4.69) is 42.5 Å². The van der Waals surface area contributed by atoms with Crippen molar-refractivity contribution in [3.63, 3.8) is 0 Å². The molecule has 0 aromatic carbocycles. The molecule has 0 bridgehead atoms. The molecule has 0 fully saturated rings. The van der Waals surface area contributed by atoms with E-state index in [1.807, 2.05) is 27.7 Å². The SMILES string of the molecule is CC[C@H](C)[C@H](NC(=O)[C@H](CC(C)C)NC(=O)[C@H](CCCCN)NC(=O)[C@H](C)NC(=O)[C@H](CC(C)C)NC(=O)CN)C(=O)N[C@@H](C)C(=O)N[C@@H](CC(=O)O)C(=O)N[C@H](C(=O)O)C(C)C. The molecular weight excluding hydrogens is 825 g/mol. The largest absolute Gasteiger partial charge is 0.481 e. The van der Waals surface area contributed by atoms with Crippen LogP contribution in [-0.4, -0.2) is 131 Å². The fourth-order valence-corrected chi connectivity index (χ4v) is 6.14. The minimum absolute atomic E-state index is 0.0119. The van der Waals surface area contributed by atoms with Gasteiger partial charge in [0.05, 0.1) is 13.0 Å². The smallest absolute Gasteiger partial charge is 0.326 e. The maximum absolute atomic E-state index is 13.9. The molecule has 14 N–H and O–H groups in total. The lowest BCUT2D eigenvalue weighted by Crippen LogP contribution is -2.61. The Morgan fingerprint density at radius 3 is 1.37 bits per heavy atom. The number of aliphatic carboxylic acids is 2. The predicted octanol–water partition coefficient (Wildman–Crippen LogP) is -1.65. The zero-order valence-electron chi connectivity index (χ0n) is 38.4. The van der Waals surface area contributed by atoms with Crippen molar-refractivity contribution in [2.24, 2.45) is 35.1 Å². The first kappa shape index (κ1) is 57.6. The maximum Gasteiger partial charge on any atom is 0.326 e. The number of unbranched alkanes of at least 4 members (excludes halogenated alkanes) is 1. The molecule has 0 aliphatic heterocycles. The van der Waals surface area contributed by atoms with Crippen LogP contribution in [0.1, 0.15) is 114 Å². The van der Waals surface area contributed by atoms with Gasteiger partial charge in [-0.05, 0) is 76.2 Å². The minimum Gasteiger partial charge on any atom is -0.481 e. The summed E-state index contributed by atoms with van der Waals surface area (Å²) in [6, 6.07) is -10.2. The molecule has 8 amide bonds. The van der Waals surface area contributed by atoms with Crippen molar-refractivity contribution in [1.29, 1.82) is 0 Å². The van der Waals surface area contributed by atoms with E-state index in [0.29, 0.717) is 25.8 Å². The lowest BCUT2D eigenvalue weighted by Gasteiger charge is -2.29. The van der Waals surface area contributed by atoms with Gasteiger partial charge in [-0.3, -0.25) is 43.2 Å². The summed E-state index contributed by atoms with van der Waals surface area (Å²) in [7, 11) is 0. The Kier molecular flexibility index (Phi) is 26.6. The van der Waals surface area contributed by atoms with E-state index < -0.39 is 126 Å². The van der Waals surface area contributed by atoms with Crippen LogP contribution in [0, 0.1) is 23.7 Å². The third-order valence-electron chi connectivity index (χ3n) is 10.0. The van der Waals surface area contributed by atoms with Crippen molar-refractivity contribution in [2.75, 3.05) is 13.1 Å². The highest BCUT2D eigenvalue weighted by Gasteiger charge is 2.35. The summed E-state index contributed by atoms with van der Waals surface area (Å²) in [5.41, 5.74) is 11.1. The second kappa shape index (κ2) is 29.1. The summed E-state index contributed by atoms with van der Waals surface area (Å²) in [5, 5.41) is 38.9. The number of rotatable bonds is 30. The molecule has 63 heavy (non-hydrogen) atoms. The molecule has 0 radical (unpaired) electrons. The Labute approximate surface area is 370 Å². The van der Waals surface area contributed by atoms with Crippen molar-refractivity contribution in [1.82, 2.24) is 42.5 Å². The molecule has 22 nitrogen and oxygen atoms in total. The first-order chi connectivity index (χ1) is 29.3. The normalized spacial score (nSPS) is 15.5. The molecule has 360 valence electrons. The third kappa shape index (κ3) is 22.0. The summed E-state index contributed by atoms with van der Waals surface area (Å²) >= 11 is 0. The van der Waals surface area contributed by atoms with Gasteiger partial charge in [-0.25, -0.2) is 4.79 Å². The molecule has 0 unspecified atom stereocenters. The molecule has 0 aromatic rings. The number of hydrogen-bond acceptors (Lipinski definition) is 12. The number of carbonyl (C=O) groups excluding carboxylic acids is 8. The molecule has 0 aliphatic rings. The topological polar surface area (TPSA) is 359 Å². The molecule has 0 heterocycles. The van der Waals surface area contributed by atoms with Crippen LogP contribution in [-0.2, 0) is 47.9 Å². The highest BCUT2D eigenvalue weighted by Crippen LogP contribution is 2.13. The van der Waals surface area contributed by atoms with Crippen LogP contribution in [0.3, 0.4) is 0 Å². The van der Waals surface area contributed by atoms with E-state index in [1.54, 1.807) is 13.8 Å². The second-order valence-electron chi connectivity index (χ2n) is 17.1. The zero-order chi connectivity index (χ0) is 48.7. The average molecular weight is 899 g/mol. The van der Waals surface area contributed by atoms with Gasteiger partial charge in [0.25, 0.3) is 0 Å². The van der Waals surface area contributed by atoms with Gasteiger partial charge >= 0.3 is 11.9 Å². The van der Waals surface area contributed by atoms with Gasteiger partial charge in [0.2, 0.25) is 47.3 Å². The predicted molar refractivity (Wildman–Crippen MR) is 232 cm³/mol. The highest BCUT2D eigenvalue weighted by atomic mass is 16.4. The minimum atomic E-state index is -1.69. The number of carboxylic acids is 2. The number of carboxylic acid groups (broad SMARTS) is 2. The van der Waals surface area contributed by atoms with Gasteiger partial charge in [0, 0.05) is 0 Å². The third-order valence-corrected chi connectivity index (χ3v) is 10.0. The summed E-state index contributed by atoms with van der Waals surface area (Å²) in [5.74, 6) is -10.2. The van der Waals surface area contributed by atoms with Gasteiger partial charge in [-0.1, -0.05) is 61.8 Å². The lowest BCUT2D eigenvalue weighted by atomic mass is 9.96. The molecule has 0 aliphatic carbocycles. The molecule has 9 atom stereocenters. The van der Waals surface area contributed by atoms with Gasteiger partial charge in [-0.15, -0.1) is 0 Å². The van der Waals surface area contributed by atoms with Crippen molar-refractivity contribution < 1.29 is 58.2 Å². The Morgan fingerprint density at radius 2 is 0.921 bits per heavy atom. The fourth-order valence-electron chi connectivity index (χ4n) is 6.14. The first-order valence-electron chi connectivity index (χ1n) is 21.6.